The van der Waals surface area contributed by atoms with Crippen molar-refractivity contribution < 1.29 is 13.3 Å². The van der Waals surface area contributed by atoms with Gasteiger partial charge in [-0.05, 0) is 153 Å². The molecule has 0 aliphatic carbocycles. The molecule has 0 aliphatic heterocycles. The summed E-state index contributed by atoms with van der Waals surface area (Å²) in [5, 5.41) is 13.4. The van der Waals surface area contributed by atoms with Crippen molar-refractivity contribution in [1.29, 1.82) is 0 Å². The van der Waals surface area contributed by atoms with Gasteiger partial charge >= 0.3 is 0 Å². The highest BCUT2D eigenvalue weighted by Crippen LogP contribution is 2.45. The first-order valence-corrected chi connectivity index (χ1v) is 48.0. The molecule has 674 valence electrons. The highest BCUT2D eigenvalue weighted by atomic mass is 16.3. The van der Waals surface area contributed by atoms with Gasteiger partial charge in [0.05, 0.1) is 33.1 Å². The zero-order chi connectivity index (χ0) is 95.1. The number of aromatic nitrogens is 12. The third-order valence-corrected chi connectivity index (χ3v) is 27.3. The number of nitrogens with zero attached hydrogens (tertiary/aromatic N) is 12. The summed E-state index contributed by atoms with van der Waals surface area (Å²) >= 11 is 0. The number of furan rings is 3. The van der Waals surface area contributed by atoms with Gasteiger partial charge in [0, 0.05) is 98.0 Å². The molecule has 0 saturated heterocycles. The van der Waals surface area contributed by atoms with E-state index in [0.717, 1.165) is 215 Å². The van der Waals surface area contributed by atoms with E-state index in [1.165, 1.54) is 5.56 Å². The SMILES string of the molecule is c1ccc(-c2ccc(-c3nc(-c4ccc5c(c4)oc4ccc(-c6ccccc6)cc45)nc(-n4c5ccccc5c5ccccc54)n3)cc2)cc1.c1ccc(-c2ccc(-c3nc(-c4ccc5c(c4)oc4cccc(-c6ccccc6)c45)nc(-n4c5ccccc5c5ccccc54)n3)cc2)cc1.c1ccc(-c2nc(-c3ccc4c(c3)oc3cccc(-c5ccccc5)c34)nc(-n3c4ccccc4c4ccccc43)n2)cc1. The van der Waals surface area contributed by atoms with Gasteiger partial charge in [-0.1, -0.05) is 388 Å². The van der Waals surface area contributed by atoms with Crippen molar-refractivity contribution in [1.82, 2.24) is 58.6 Å². The molecule has 0 saturated carbocycles. The van der Waals surface area contributed by atoms with Crippen LogP contribution in [0.25, 0.3) is 273 Å². The van der Waals surface area contributed by atoms with Crippen LogP contribution in [-0.4, -0.2) is 58.6 Å². The Bertz CT molecular complexity index is 9860. The van der Waals surface area contributed by atoms with Crippen molar-refractivity contribution in [3.8, 4) is 142 Å². The molecular weight excluding hydrogens is 1770 g/mol. The first-order chi connectivity index (χ1) is 71.4. The molecule has 29 rings (SSSR count). The lowest BCUT2D eigenvalue weighted by molar-refractivity contribution is 0.668. The van der Waals surface area contributed by atoms with E-state index < -0.39 is 0 Å². The van der Waals surface area contributed by atoms with Gasteiger partial charge in [0.2, 0.25) is 17.8 Å². The van der Waals surface area contributed by atoms with Gasteiger partial charge < -0.3 is 13.3 Å². The van der Waals surface area contributed by atoms with Gasteiger partial charge in [0.1, 0.15) is 33.5 Å². The van der Waals surface area contributed by atoms with Gasteiger partial charge in [-0.25, -0.2) is 15.0 Å². The molecule has 9 heterocycles. The van der Waals surface area contributed by atoms with Crippen LogP contribution in [0.2, 0.25) is 0 Å². The van der Waals surface area contributed by atoms with E-state index >= 15 is 0 Å². The van der Waals surface area contributed by atoms with Gasteiger partial charge in [0.15, 0.2) is 34.9 Å². The van der Waals surface area contributed by atoms with E-state index in [1.54, 1.807) is 0 Å². The molecule has 20 aromatic carbocycles. The van der Waals surface area contributed by atoms with Crippen LogP contribution in [-0.2, 0) is 0 Å². The lowest BCUT2D eigenvalue weighted by Crippen LogP contribution is -2.06. The smallest absolute Gasteiger partial charge is 0.238 e. The Balaban J connectivity index is 0.000000108. The molecule has 0 amide bonds. The van der Waals surface area contributed by atoms with Crippen LogP contribution in [0.4, 0.5) is 0 Å². The third kappa shape index (κ3) is 15.0. The highest BCUT2D eigenvalue weighted by molar-refractivity contribution is 6.16. The maximum Gasteiger partial charge on any atom is 0.238 e. The molecule has 0 aliphatic rings. The standard InChI is InChI=1S/2C45H28N4O.C39H24N4O/c1-3-12-29(13-4-1)30-22-24-32(25-23-30)43-46-44(48-45(47-43)49-38-19-9-7-16-35(38)36-17-8-10-20-39(36)49)33-26-27-37-41(28-33)50-40-21-11-18-34(42(37)40)31-14-5-2-6-15-31;1-3-11-29(12-4-1)31-19-21-32(22-20-31)43-46-44(48-45(47-43)49-39-17-9-7-15-35(39)36-16-8-10-18-40(36)49)34-23-25-37-38-27-33(30-13-5-2-6-14-30)24-26-41(38)50-42(37)28-34;1-3-12-25(13-4-1)28-18-11-21-34-36(28)31-23-22-27(24-35(31)44-34)38-40-37(26-14-5-2-6-15-26)41-39(42-38)43-32-19-9-7-16-29(32)30-17-8-10-20-33(30)43/h2*1-28H;1-24H. The van der Waals surface area contributed by atoms with E-state index in [4.69, 9.17) is 58.1 Å². The second kappa shape index (κ2) is 35.3. The monoisotopic (exact) mass is 1840 g/mol. The van der Waals surface area contributed by atoms with Crippen LogP contribution in [0.15, 0.2) is 499 Å². The molecule has 15 nitrogen and oxygen atoms in total. The number of para-hydroxylation sites is 6. The summed E-state index contributed by atoms with van der Waals surface area (Å²) in [6.07, 6.45) is 0. The average Bonchev–Trinajstić information content (AvgIpc) is 1.62. The van der Waals surface area contributed by atoms with E-state index in [1.807, 2.05) is 97.1 Å². The number of hydrogen-bond donors (Lipinski definition) is 0. The molecule has 0 fully saturated rings. The second-order valence-corrected chi connectivity index (χ2v) is 35.8. The highest BCUT2D eigenvalue weighted by Gasteiger charge is 2.26. The van der Waals surface area contributed by atoms with Gasteiger partial charge in [-0.15, -0.1) is 0 Å². The zero-order valence-corrected chi connectivity index (χ0v) is 77.3. The molecule has 0 N–H and O–H groups in total. The second-order valence-electron chi connectivity index (χ2n) is 35.8. The average molecular weight is 1850 g/mol. The lowest BCUT2D eigenvalue weighted by Gasteiger charge is -2.11. The predicted octanol–water partition coefficient (Wildman–Crippen LogP) is 32.9. The van der Waals surface area contributed by atoms with Crippen molar-refractivity contribution in [3.05, 3.63) is 485 Å². The molecule has 0 bridgehead atoms. The van der Waals surface area contributed by atoms with Crippen molar-refractivity contribution >= 4 is 131 Å². The molecule has 9 aromatic heterocycles. The Labute approximate surface area is 824 Å². The summed E-state index contributed by atoms with van der Waals surface area (Å²) in [4.78, 5) is 45.9. The number of fused-ring (bicyclic) bond motifs is 18. The van der Waals surface area contributed by atoms with Gasteiger partial charge in [-0.2, -0.15) is 29.9 Å². The Morgan fingerprint density at radius 2 is 0.368 bits per heavy atom. The van der Waals surface area contributed by atoms with Crippen molar-refractivity contribution in [3.63, 3.8) is 0 Å². The van der Waals surface area contributed by atoms with E-state index in [0.29, 0.717) is 52.8 Å². The van der Waals surface area contributed by atoms with Crippen LogP contribution in [0.5, 0.6) is 0 Å². The van der Waals surface area contributed by atoms with Crippen LogP contribution in [0, 0.1) is 0 Å². The summed E-state index contributed by atoms with van der Waals surface area (Å²) in [6.45, 7) is 0. The van der Waals surface area contributed by atoms with E-state index in [-0.39, 0.29) is 0 Å². The first-order valence-electron chi connectivity index (χ1n) is 48.0. The van der Waals surface area contributed by atoms with Crippen LogP contribution < -0.4 is 0 Å². The minimum absolute atomic E-state index is 0.561. The molecule has 29 aromatic rings. The fraction of sp³-hybridized carbons (Fsp3) is 0. The van der Waals surface area contributed by atoms with Crippen LogP contribution in [0.3, 0.4) is 0 Å². The zero-order valence-electron chi connectivity index (χ0n) is 77.3. The quantitative estimate of drug-likeness (QED) is 0.101. The summed E-state index contributed by atoms with van der Waals surface area (Å²) in [7, 11) is 0. The Morgan fingerprint density at radius 3 is 0.701 bits per heavy atom. The largest absolute Gasteiger partial charge is 0.456 e. The normalized spacial score (nSPS) is 11.6. The Kier molecular flexibility index (Phi) is 20.5. The molecule has 0 radical (unpaired) electrons. The predicted molar refractivity (Wildman–Crippen MR) is 584 cm³/mol. The number of rotatable bonds is 14. The molecule has 0 spiro atoms. The minimum Gasteiger partial charge on any atom is -0.456 e. The molecule has 15 heteroatoms. The molecule has 0 unspecified atom stereocenters. The van der Waals surface area contributed by atoms with Crippen molar-refractivity contribution in [2.24, 2.45) is 0 Å². The molecule has 0 atom stereocenters. The summed E-state index contributed by atoms with van der Waals surface area (Å²) in [5.41, 5.74) is 28.0. The Morgan fingerprint density at radius 1 is 0.132 bits per heavy atom. The summed E-state index contributed by atoms with van der Waals surface area (Å²) in [5.74, 6) is 5.24. The third-order valence-electron chi connectivity index (χ3n) is 27.3. The summed E-state index contributed by atoms with van der Waals surface area (Å²) < 4.78 is 25.8. The maximum absolute atomic E-state index is 6.49. The molecular formula is C129H80N12O3. The fourth-order valence-electron chi connectivity index (χ4n) is 20.4. The van der Waals surface area contributed by atoms with Crippen molar-refractivity contribution in [2.75, 3.05) is 0 Å². The minimum atomic E-state index is 0.561. The Hall–Kier alpha value is -19.8. The fourth-order valence-corrected chi connectivity index (χ4v) is 20.4. The van der Waals surface area contributed by atoms with Gasteiger partial charge in [0.25, 0.3) is 0 Å². The van der Waals surface area contributed by atoms with E-state index in [9.17, 15) is 0 Å². The maximum atomic E-state index is 6.49. The van der Waals surface area contributed by atoms with Crippen molar-refractivity contribution in [2.45, 2.75) is 0 Å². The topological polar surface area (TPSA) is 170 Å². The van der Waals surface area contributed by atoms with Crippen LogP contribution in [0.1, 0.15) is 0 Å². The number of benzene rings is 20. The number of hydrogen-bond acceptors (Lipinski definition) is 12. The van der Waals surface area contributed by atoms with E-state index in [2.05, 4.69) is 402 Å². The lowest BCUT2D eigenvalue weighted by atomic mass is 9.99. The van der Waals surface area contributed by atoms with Gasteiger partial charge in [-0.3, -0.25) is 13.7 Å². The summed E-state index contributed by atoms with van der Waals surface area (Å²) in [6, 6.07) is 167. The van der Waals surface area contributed by atoms with Crippen LogP contribution >= 0.6 is 0 Å². The molecule has 144 heavy (non-hydrogen) atoms. The first kappa shape index (κ1) is 83.6.